The number of rotatable bonds is 4. The molecule has 0 saturated heterocycles. The number of hydrogen-bond donors (Lipinski definition) is 2. The van der Waals surface area contributed by atoms with Crippen molar-refractivity contribution >= 4 is 46.1 Å². The number of benzene rings is 3. The third kappa shape index (κ3) is 5.66. The molecule has 148 valence electrons. The Morgan fingerprint density at radius 3 is 2.07 bits per heavy atom. The topological polar surface area (TPSA) is 41.1 Å². The minimum absolute atomic E-state index is 0.0225. The second-order valence-corrected chi connectivity index (χ2v) is 8.67. The van der Waals surface area contributed by atoms with Gasteiger partial charge in [0.15, 0.2) is 10.9 Å². The first-order valence-electron chi connectivity index (χ1n) is 9.31. The third-order valence-electron chi connectivity index (χ3n) is 4.50. The maximum Gasteiger partial charge on any atom is 0.193 e. The lowest BCUT2D eigenvalue weighted by molar-refractivity contribution is 0.103. The first kappa shape index (κ1) is 21.0. The van der Waals surface area contributed by atoms with Gasteiger partial charge in [0.25, 0.3) is 0 Å². The van der Waals surface area contributed by atoms with Gasteiger partial charge in [-0.25, -0.2) is 0 Å². The van der Waals surface area contributed by atoms with Gasteiger partial charge in [0, 0.05) is 27.5 Å². The van der Waals surface area contributed by atoms with Crippen LogP contribution in [-0.2, 0) is 5.41 Å². The minimum Gasteiger partial charge on any atom is -0.332 e. The Morgan fingerprint density at radius 2 is 1.45 bits per heavy atom. The summed E-state index contributed by atoms with van der Waals surface area (Å²) in [6.07, 6.45) is 0. The van der Waals surface area contributed by atoms with Crippen molar-refractivity contribution in [2.45, 2.75) is 26.2 Å². The number of nitrogens with one attached hydrogen (secondary N) is 2. The number of hydrogen-bond acceptors (Lipinski definition) is 2. The fourth-order valence-electron chi connectivity index (χ4n) is 2.85. The summed E-state index contributed by atoms with van der Waals surface area (Å²) < 4.78 is 0. The summed E-state index contributed by atoms with van der Waals surface area (Å²) >= 11 is 11.3. The van der Waals surface area contributed by atoms with Crippen molar-refractivity contribution in [3.05, 3.63) is 94.5 Å². The molecule has 3 rings (SSSR count). The second-order valence-electron chi connectivity index (χ2n) is 7.82. The lowest BCUT2D eigenvalue weighted by atomic mass is 9.86. The van der Waals surface area contributed by atoms with Crippen LogP contribution in [0.1, 0.15) is 42.3 Å². The molecule has 0 amide bonds. The first-order valence-corrected chi connectivity index (χ1v) is 10.1. The number of anilines is 2. The Balaban J connectivity index is 1.70. The zero-order valence-electron chi connectivity index (χ0n) is 16.6. The molecule has 2 N–H and O–H groups in total. The molecule has 29 heavy (non-hydrogen) atoms. The Kier molecular flexibility index (Phi) is 6.36. The average Bonchev–Trinajstić information content (AvgIpc) is 2.69. The molecule has 0 aliphatic rings. The molecule has 3 aromatic rings. The van der Waals surface area contributed by atoms with E-state index in [1.807, 2.05) is 48.5 Å². The quantitative estimate of drug-likeness (QED) is 0.363. The van der Waals surface area contributed by atoms with E-state index < -0.39 is 0 Å². The van der Waals surface area contributed by atoms with Gasteiger partial charge in [-0.3, -0.25) is 4.79 Å². The van der Waals surface area contributed by atoms with Gasteiger partial charge < -0.3 is 10.6 Å². The number of carbonyl (C=O) groups is 1. The molecule has 0 spiro atoms. The first-order chi connectivity index (χ1) is 13.7. The molecule has 0 bridgehead atoms. The number of carbonyl (C=O) groups excluding carboxylic acids is 1. The molecule has 0 unspecified atom stereocenters. The third-order valence-corrected chi connectivity index (χ3v) is 4.95. The van der Waals surface area contributed by atoms with Crippen LogP contribution < -0.4 is 10.6 Å². The summed E-state index contributed by atoms with van der Waals surface area (Å²) in [5.74, 6) is -0.0225. The van der Waals surface area contributed by atoms with Crippen LogP contribution in [0.3, 0.4) is 0 Å². The number of halogens is 1. The van der Waals surface area contributed by atoms with Crippen LogP contribution in [0.5, 0.6) is 0 Å². The van der Waals surface area contributed by atoms with Gasteiger partial charge in [0.05, 0.1) is 0 Å². The van der Waals surface area contributed by atoms with Crippen LogP contribution in [0.15, 0.2) is 72.8 Å². The molecular weight excluding hydrogens is 400 g/mol. The van der Waals surface area contributed by atoms with Crippen LogP contribution in [-0.4, -0.2) is 10.9 Å². The lowest BCUT2D eigenvalue weighted by Gasteiger charge is -2.19. The van der Waals surface area contributed by atoms with Crippen LogP contribution in [0.4, 0.5) is 11.4 Å². The van der Waals surface area contributed by atoms with Crippen LogP contribution in [0.2, 0.25) is 5.02 Å². The van der Waals surface area contributed by atoms with Crippen LogP contribution in [0.25, 0.3) is 0 Å². The van der Waals surface area contributed by atoms with E-state index in [0.29, 0.717) is 21.3 Å². The van der Waals surface area contributed by atoms with Crippen molar-refractivity contribution in [2.24, 2.45) is 0 Å². The fraction of sp³-hybridized carbons (Fsp3) is 0.167. The van der Waals surface area contributed by atoms with Gasteiger partial charge in [0.2, 0.25) is 0 Å². The van der Waals surface area contributed by atoms with E-state index >= 15 is 0 Å². The van der Waals surface area contributed by atoms with Crippen molar-refractivity contribution in [2.75, 3.05) is 10.6 Å². The Labute approximate surface area is 182 Å². The zero-order chi connectivity index (χ0) is 21.0. The summed E-state index contributed by atoms with van der Waals surface area (Å²) in [5.41, 5.74) is 4.10. The Morgan fingerprint density at radius 1 is 0.828 bits per heavy atom. The van der Waals surface area contributed by atoms with E-state index in [-0.39, 0.29) is 11.2 Å². The smallest absolute Gasteiger partial charge is 0.193 e. The van der Waals surface area contributed by atoms with Crippen molar-refractivity contribution < 1.29 is 4.79 Å². The zero-order valence-corrected chi connectivity index (χ0v) is 18.2. The highest BCUT2D eigenvalue weighted by Gasteiger charge is 2.15. The molecule has 0 aromatic heterocycles. The van der Waals surface area contributed by atoms with Crippen molar-refractivity contribution in [1.82, 2.24) is 0 Å². The molecule has 3 aromatic carbocycles. The predicted octanol–water partition coefficient (Wildman–Crippen LogP) is 6.68. The molecule has 0 aliphatic carbocycles. The standard InChI is InChI=1S/C24H23ClN2OS/c1-24(2,3)18-9-7-16(8-10-18)22(28)17-5-4-6-21(15-17)27-23(29)26-20-13-11-19(25)12-14-20/h4-15H,1-3H3,(H2,26,27,29). The highest BCUT2D eigenvalue weighted by Crippen LogP contribution is 2.23. The van der Waals surface area contributed by atoms with Gasteiger partial charge >= 0.3 is 0 Å². The molecule has 0 atom stereocenters. The molecular formula is C24H23ClN2OS. The van der Waals surface area contributed by atoms with E-state index in [1.165, 1.54) is 5.56 Å². The molecule has 0 saturated carbocycles. The summed E-state index contributed by atoms with van der Waals surface area (Å²) in [7, 11) is 0. The summed E-state index contributed by atoms with van der Waals surface area (Å²) in [6, 6.07) is 22.4. The molecule has 0 fully saturated rings. The normalized spacial score (nSPS) is 11.0. The average molecular weight is 423 g/mol. The monoisotopic (exact) mass is 422 g/mol. The van der Waals surface area contributed by atoms with Gasteiger partial charge in [-0.05, 0) is 59.6 Å². The van der Waals surface area contributed by atoms with Crippen molar-refractivity contribution in [1.29, 1.82) is 0 Å². The largest absolute Gasteiger partial charge is 0.332 e. The summed E-state index contributed by atoms with van der Waals surface area (Å²) in [5, 5.41) is 7.31. The number of ketones is 1. The van der Waals surface area contributed by atoms with E-state index in [1.54, 1.807) is 24.3 Å². The van der Waals surface area contributed by atoms with E-state index in [9.17, 15) is 4.79 Å². The fourth-order valence-corrected chi connectivity index (χ4v) is 3.21. The molecule has 0 heterocycles. The van der Waals surface area contributed by atoms with Crippen LogP contribution >= 0.6 is 23.8 Å². The minimum atomic E-state index is -0.0225. The maximum atomic E-state index is 12.9. The molecule has 0 aliphatic heterocycles. The van der Waals surface area contributed by atoms with E-state index in [0.717, 1.165) is 11.4 Å². The Hall–Kier alpha value is -2.69. The van der Waals surface area contributed by atoms with Gasteiger partial charge in [0.1, 0.15) is 0 Å². The van der Waals surface area contributed by atoms with Gasteiger partial charge in [-0.2, -0.15) is 0 Å². The van der Waals surface area contributed by atoms with Crippen LogP contribution in [0, 0.1) is 0 Å². The van der Waals surface area contributed by atoms with Gasteiger partial charge in [-0.15, -0.1) is 0 Å². The highest BCUT2D eigenvalue weighted by molar-refractivity contribution is 7.80. The molecule has 3 nitrogen and oxygen atoms in total. The lowest BCUT2D eigenvalue weighted by Crippen LogP contribution is -2.19. The van der Waals surface area contributed by atoms with Crippen molar-refractivity contribution in [3.8, 4) is 0 Å². The van der Waals surface area contributed by atoms with Crippen molar-refractivity contribution in [3.63, 3.8) is 0 Å². The Bertz CT molecular complexity index is 1020. The van der Waals surface area contributed by atoms with Gasteiger partial charge in [-0.1, -0.05) is 68.8 Å². The van der Waals surface area contributed by atoms with E-state index in [4.69, 9.17) is 23.8 Å². The SMILES string of the molecule is CC(C)(C)c1ccc(C(=O)c2cccc(NC(=S)Nc3ccc(Cl)cc3)c2)cc1. The summed E-state index contributed by atoms with van der Waals surface area (Å²) in [6.45, 7) is 6.46. The second kappa shape index (κ2) is 8.76. The highest BCUT2D eigenvalue weighted by atomic mass is 35.5. The molecule has 5 heteroatoms. The maximum absolute atomic E-state index is 12.9. The molecule has 0 radical (unpaired) electrons. The summed E-state index contributed by atoms with van der Waals surface area (Å²) in [4.78, 5) is 12.9. The number of thiocarbonyl (C=S) groups is 1. The van der Waals surface area contributed by atoms with E-state index in [2.05, 4.69) is 31.4 Å². The predicted molar refractivity (Wildman–Crippen MR) is 126 cm³/mol.